The second-order valence-electron chi connectivity index (χ2n) is 4.99. The zero-order valence-corrected chi connectivity index (χ0v) is 10.4. The lowest BCUT2D eigenvalue weighted by Crippen LogP contribution is -2.37. The third kappa shape index (κ3) is 2.74. The number of hydrogen-bond donors (Lipinski definition) is 1. The minimum atomic E-state index is -3.27. The normalized spacial score (nSPS) is 37.0. The maximum Gasteiger partial charge on any atom is 0.216 e. The highest BCUT2D eigenvalue weighted by molar-refractivity contribution is 7.89. The maximum absolute atomic E-state index is 12.0. The molecule has 2 fully saturated rings. The van der Waals surface area contributed by atoms with Crippen molar-refractivity contribution in [2.75, 3.05) is 25.4 Å². The van der Waals surface area contributed by atoms with Crippen molar-refractivity contribution in [1.82, 2.24) is 4.31 Å². The fourth-order valence-electron chi connectivity index (χ4n) is 2.26. The van der Waals surface area contributed by atoms with Crippen LogP contribution < -0.4 is 0 Å². The molecule has 0 bridgehead atoms. The fraction of sp³-hybridized carbons (Fsp3) is 1.00. The summed E-state index contributed by atoms with van der Waals surface area (Å²) in [6.45, 7) is 2.97. The Kier molecular flexibility index (Phi) is 3.27. The van der Waals surface area contributed by atoms with E-state index in [1.807, 2.05) is 0 Å². The summed E-state index contributed by atoms with van der Waals surface area (Å²) in [5.74, 6) is 0.0586. The molecule has 2 atom stereocenters. The van der Waals surface area contributed by atoms with E-state index in [4.69, 9.17) is 4.74 Å². The summed E-state index contributed by atoms with van der Waals surface area (Å²) in [5, 5.41) is 9.75. The molecule has 0 aromatic heterocycles. The van der Waals surface area contributed by atoms with E-state index in [0.29, 0.717) is 19.6 Å². The van der Waals surface area contributed by atoms with Gasteiger partial charge in [0.05, 0.1) is 17.5 Å². The van der Waals surface area contributed by atoms with Crippen LogP contribution in [0.15, 0.2) is 0 Å². The molecule has 6 heteroatoms. The predicted octanol–water partition coefficient (Wildman–Crippen LogP) is -0.0481. The lowest BCUT2D eigenvalue weighted by Gasteiger charge is -2.20. The Labute approximate surface area is 96.4 Å². The summed E-state index contributed by atoms with van der Waals surface area (Å²) in [6, 6.07) is 0. The van der Waals surface area contributed by atoms with Gasteiger partial charge in [-0.2, -0.15) is 4.31 Å². The van der Waals surface area contributed by atoms with Crippen molar-refractivity contribution in [3.05, 3.63) is 0 Å². The number of hydrogen-bond acceptors (Lipinski definition) is 4. The monoisotopic (exact) mass is 249 g/mol. The zero-order valence-electron chi connectivity index (χ0n) is 9.55. The van der Waals surface area contributed by atoms with Gasteiger partial charge in [-0.05, 0) is 26.2 Å². The number of β-amino-alcohol motifs (C(OH)–C–C–N with tert-alkyl or cyclic N) is 1. The highest BCUT2D eigenvalue weighted by Crippen LogP contribution is 2.24. The molecule has 2 aliphatic heterocycles. The van der Waals surface area contributed by atoms with Crippen molar-refractivity contribution < 1.29 is 18.3 Å². The summed E-state index contributed by atoms with van der Waals surface area (Å²) >= 11 is 0. The van der Waals surface area contributed by atoms with E-state index in [9.17, 15) is 13.5 Å². The van der Waals surface area contributed by atoms with Crippen LogP contribution in [0, 0.1) is 0 Å². The second-order valence-corrected chi connectivity index (χ2v) is 7.01. The molecule has 16 heavy (non-hydrogen) atoms. The first kappa shape index (κ1) is 12.3. The van der Waals surface area contributed by atoms with E-state index in [2.05, 4.69) is 0 Å². The number of sulfonamides is 1. The predicted molar refractivity (Wildman–Crippen MR) is 59.6 cm³/mol. The Bertz CT molecular complexity index is 346. The van der Waals surface area contributed by atoms with Crippen LogP contribution in [0.1, 0.15) is 26.2 Å². The molecule has 0 amide bonds. The topological polar surface area (TPSA) is 66.8 Å². The largest absolute Gasteiger partial charge is 0.389 e. The van der Waals surface area contributed by atoms with Gasteiger partial charge in [-0.1, -0.05) is 0 Å². The fourth-order valence-corrected chi connectivity index (χ4v) is 4.04. The van der Waals surface area contributed by atoms with E-state index in [1.165, 1.54) is 4.31 Å². The van der Waals surface area contributed by atoms with Gasteiger partial charge in [0.1, 0.15) is 0 Å². The maximum atomic E-state index is 12.0. The van der Waals surface area contributed by atoms with Gasteiger partial charge in [0.15, 0.2) is 0 Å². The van der Waals surface area contributed by atoms with Gasteiger partial charge in [0, 0.05) is 19.7 Å². The number of nitrogens with zero attached hydrogens (tertiary/aromatic N) is 1. The van der Waals surface area contributed by atoms with Crippen molar-refractivity contribution >= 4 is 10.0 Å². The molecule has 0 radical (unpaired) electrons. The summed E-state index contributed by atoms with van der Waals surface area (Å²) in [4.78, 5) is 0. The van der Waals surface area contributed by atoms with E-state index >= 15 is 0 Å². The summed E-state index contributed by atoms with van der Waals surface area (Å²) in [5.41, 5.74) is -0.871. The lowest BCUT2D eigenvalue weighted by molar-refractivity contribution is 0.0759. The highest BCUT2D eigenvalue weighted by Gasteiger charge is 2.38. The Balaban J connectivity index is 1.97. The van der Waals surface area contributed by atoms with Crippen molar-refractivity contribution in [3.8, 4) is 0 Å². The van der Waals surface area contributed by atoms with Crippen LogP contribution >= 0.6 is 0 Å². The van der Waals surface area contributed by atoms with Crippen LogP contribution in [0.2, 0.25) is 0 Å². The molecule has 0 aliphatic carbocycles. The first-order valence-corrected chi connectivity index (χ1v) is 7.32. The number of ether oxygens (including phenoxy) is 1. The lowest BCUT2D eigenvalue weighted by atomic mass is 10.1. The average Bonchev–Trinajstić information content (AvgIpc) is 2.74. The van der Waals surface area contributed by atoms with Crippen LogP contribution in [0.25, 0.3) is 0 Å². The minimum Gasteiger partial charge on any atom is -0.389 e. The molecule has 1 N–H and O–H groups in total. The van der Waals surface area contributed by atoms with Crippen LogP contribution in [-0.4, -0.2) is 55.0 Å². The summed E-state index contributed by atoms with van der Waals surface area (Å²) < 4.78 is 30.7. The van der Waals surface area contributed by atoms with E-state index in [-0.39, 0.29) is 18.4 Å². The van der Waals surface area contributed by atoms with Gasteiger partial charge in [-0.15, -0.1) is 0 Å². The van der Waals surface area contributed by atoms with Crippen molar-refractivity contribution in [2.24, 2.45) is 0 Å². The quantitative estimate of drug-likeness (QED) is 0.761. The van der Waals surface area contributed by atoms with Gasteiger partial charge < -0.3 is 9.84 Å². The smallest absolute Gasteiger partial charge is 0.216 e. The minimum absolute atomic E-state index is 0.0586. The number of rotatable bonds is 3. The SMILES string of the molecule is CC1(O)CCN(S(=O)(=O)CC2CCCO2)C1. The molecule has 2 heterocycles. The molecule has 0 saturated carbocycles. The zero-order chi connectivity index (χ0) is 11.8. The van der Waals surface area contributed by atoms with Crippen LogP contribution in [-0.2, 0) is 14.8 Å². The van der Waals surface area contributed by atoms with Gasteiger partial charge in [-0.3, -0.25) is 0 Å². The van der Waals surface area contributed by atoms with Gasteiger partial charge in [0.2, 0.25) is 10.0 Å². The Morgan fingerprint density at radius 2 is 2.31 bits per heavy atom. The molecule has 5 nitrogen and oxygen atoms in total. The van der Waals surface area contributed by atoms with Crippen LogP contribution in [0.4, 0.5) is 0 Å². The molecule has 2 rings (SSSR count). The first-order chi connectivity index (χ1) is 7.39. The molecular formula is C10H19NO4S. The van der Waals surface area contributed by atoms with Crippen LogP contribution in [0.3, 0.4) is 0 Å². The van der Waals surface area contributed by atoms with E-state index in [1.54, 1.807) is 6.92 Å². The van der Waals surface area contributed by atoms with Gasteiger partial charge in [0.25, 0.3) is 0 Å². The summed E-state index contributed by atoms with van der Waals surface area (Å²) in [6.07, 6.45) is 2.12. The first-order valence-electron chi connectivity index (χ1n) is 5.71. The molecule has 0 aromatic rings. The van der Waals surface area contributed by atoms with Gasteiger partial charge >= 0.3 is 0 Å². The molecule has 0 aromatic carbocycles. The molecular weight excluding hydrogens is 230 g/mol. The van der Waals surface area contributed by atoms with Crippen molar-refractivity contribution in [3.63, 3.8) is 0 Å². The molecule has 2 unspecified atom stereocenters. The standard InChI is InChI=1S/C10H19NO4S/c1-10(12)4-5-11(8-10)16(13,14)7-9-3-2-6-15-9/h9,12H,2-8H2,1H3. The third-order valence-electron chi connectivity index (χ3n) is 3.23. The Hall–Kier alpha value is -0.170. The Morgan fingerprint density at radius 1 is 1.56 bits per heavy atom. The van der Waals surface area contributed by atoms with Gasteiger partial charge in [-0.25, -0.2) is 8.42 Å². The average molecular weight is 249 g/mol. The second kappa shape index (κ2) is 4.25. The van der Waals surface area contributed by atoms with Crippen LogP contribution in [0.5, 0.6) is 0 Å². The molecule has 0 spiro atoms. The van der Waals surface area contributed by atoms with Crippen molar-refractivity contribution in [2.45, 2.75) is 37.9 Å². The molecule has 2 aliphatic rings. The Morgan fingerprint density at radius 3 is 2.81 bits per heavy atom. The van der Waals surface area contributed by atoms with E-state index < -0.39 is 15.6 Å². The number of aliphatic hydroxyl groups is 1. The molecule has 2 saturated heterocycles. The molecule has 94 valence electrons. The highest BCUT2D eigenvalue weighted by atomic mass is 32.2. The summed E-state index contributed by atoms with van der Waals surface area (Å²) in [7, 11) is -3.27. The van der Waals surface area contributed by atoms with Crippen molar-refractivity contribution in [1.29, 1.82) is 0 Å². The third-order valence-corrected chi connectivity index (χ3v) is 5.12. The van der Waals surface area contributed by atoms with E-state index in [0.717, 1.165) is 12.8 Å².